The molecule has 0 bridgehead atoms. The first-order chi connectivity index (χ1) is 8.78. The minimum Gasteiger partial charge on any atom is -0.467 e. The Morgan fingerprint density at radius 1 is 1.28 bits per heavy atom. The molecule has 0 saturated heterocycles. The number of rotatable bonds is 3. The molecule has 1 unspecified atom stereocenters. The number of benzene rings is 1. The highest BCUT2D eigenvalue weighted by molar-refractivity contribution is 7.19. The predicted molar refractivity (Wildman–Crippen MR) is 69.7 cm³/mol. The lowest BCUT2D eigenvalue weighted by atomic mass is 10.1. The molecule has 3 N–H and O–H groups in total. The van der Waals surface area contributed by atoms with Crippen LogP contribution in [0.4, 0.5) is 4.39 Å². The molecule has 0 fully saturated rings. The van der Waals surface area contributed by atoms with Crippen LogP contribution in [0.2, 0.25) is 0 Å². The minimum absolute atomic E-state index is 0.208. The molecule has 18 heavy (non-hydrogen) atoms. The second kappa shape index (κ2) is 4.53. The standard InChI is InChI=1S/C13H11FN2OS/c14-9-3-4-11-8(6-9)7-12(18-11)13(16-15)10-2-1-5-17-10/h1-7,13,16H,15H2. The van der Waals surface area contributed by atoms with Crippen LogP contribution in [0.25, 0.3) is 10.1 Å². The number of halogens is 1. The van der Waals surface area contributed by atoms with E-state index >= 15 is 0 Å². The molecule has 0 saturated carbocycles. The summed E-state index contributed by atoms with van der Waals surface area (Å²) in [4.78, 5) is 0.994. The van der Waals surface area contributed by atoms with Gasteiger partial charge in [0.15, 0.2) is 0 Å². The molecule has 92 valence electrons. The SMILES string of the molecule is NNC(c1ccco1)c1cc2cc(F)ccc2s1. The molecule has 2 heterocycles. The lowest BCUT2D eigenvalue weighted by Crippen LogP contribution is -2.27. The number of thiophene rings is 1. The van der Waals surface area contributed by atoms with Gasteiger partial charge in [-0.25, -0.2) is 9.82 Å². The monoisotopic (exact) mass is 262 g/mol. The summed E-state index contributed by atoms with van der Waals surface area (Å²) in [6.45, 7) is 0. The van der Waals surface area contributed by atoms with Gasteiger partial charge in [-0.15, -0.1) is 11.3 Å². The molecular formula is C13H11FN2OS. The maximum absolute atomic E-state index is 13.1. The van der Waals surface area contributed by atoms with Crippen molar-refractivity contribution in [1.82, 2.24) is 5.43 Å². The third kappa shape index (κ3) is 1.92. The van der Waals surface area contributed by atoms with Crippen molar-refractivity contribution in [3.8, 4) is 0 Å². The van der Waals surface area contributed by atoms with Gasteiger partial charge in [-0.05, 0) is 41.8 Å². The summed E-state index contributed by atoms with van der Waals surface area (Å²) in [5, 5.41) is 0.877. The van der Waals surface area contributed by atoms with Crippen LogP contribution in [0.3, 0.4) is 0 Å². The highest BCUT2D eigenvalue weighted by atomic mass is 32.1. The normalized spacial score (nSPS) is 13.0. The predicted octanol–water partition coefficient (Wildman–Crippen LogP) is 3.19. The number of hydrogen-bond donors (Lipinski definition) is 2. The molecule has 5 heteroatoms. The van der Waals surface area contributed by atoms with E-state index in [-0.39, 0.29) is 11.9 Å². The lowest BCUT2D eigenvalue weighted by Gasteiger charge is -2.10. The van der Waals surface area contributed by atoms with Crippen LogP contribution in [0.15, 0.2) is 47.1 Å². The van der Waals surface area contributed by atoms with E-state index in [1.165, 1.54) is 12.1 Å². The molecule has 0 amide bonds. The van der Waals surface area contributed by atoms with E-state index in [1.807, 2.05) is 18.2 Å². The van der Waals surface area contributed by atoms with Crippen LogP contribution in [-0.2, 0) is 0 Å². The first-order valence-electron chi connectivity index (χ1n) is 5.46. The Kier molecular flexibility index (Phi) is 2.87. The van der Waals surface area contributed by atoms with Crippen molar-refractivity contribution in [3.63, 3.8) is 0 Å². The largest absolute Gasteiger partial charge is 0.467 e. The van der Waals surface area contributed by atoms with Gasteiger partial charge in [-0.3, -0.25) is 5.84 Å². The topological polar surface area (TPSA) is 51.2 Å². The zero-order chi connectivity index (χ0) is 12.5. The Balaban J connectivity index is 2.07. The molecule has 0 aliphatic rings. The van der Waals surface area contributed by atoms with Crippen molar-refractivity contribution in [3.05, 3.63) is 59.1 Å². The van der Waals surface area contributed by atoms with Gasteiger partial charge in [-0.2, -0.15) is 0 Å². The van der Waals surface area contributed by atoms with Crippen molar-refractivity contribution in [1.29, 1.82) is 0 Å². The van der Waals surface area contributed by atoms with Gasteiger partial charge in [0.1, 0.15) is 17.6 Å². The highest BCUT2D eigenvalue weighted by Crippen LogP contribution is 2.33. The summed E-state index contributed by atoms with van der Waals surface area (Å²) >= 11 is 1.57. The molecule has 0 spiro atoms. The van der Waals surface area contributed by atoms with Gasteiger partial charge in [-0.1, -0.05) is 0 Å². The zero-order valence-corrected chi connectivity index (χ0v) is 10.2. The van der Waals surface area contributed by atoms with Crippen molar-refractivity contribution >= 4 is 21.4 Å². The minimum atomic E-state index is -0.234. The molecule has 3 nitrogen and oxygen atoms in total. The summed E-state index contributed by atoms with van der Waals surface area (Å²) in [6.07, 6.45) is 1.60. The fourth-order valence-electron chi connectivity index (χ4n) is 1.94. The Bertz CT molecular complexity index is 663. The van der Waals surface area contributed by atoms with Gasteiger partial charge in [0.25, 0.3) is 0 Å². The second-order valence-electron chi connectivity index (χ2n) is 3.95. The first-order valence-corrected chi connectivity index (χ1v) is 6.28. The number of hydrogen-bond acceptors (Lipinski definition) is 4. The average molecular weight is 262 g/mol. The number of furan rings is 1. The summed E-state index contributed by atoms with van der Waals surface area (Å²) in [6, 6.07) is 10.1. The van der Waals surface area contributed by atoms with Crippen molar-refractivity contribution in [2.75, 3.05) is 0 Å². The number of nitrogens with one attached hydrogen (secondary N) is 1. The van der Waals surface area contributed by atoms with Crippen molar-refractivity contribution in [2.24, 2.45) is 5.84 Å². The van der Waals surface area contributed by atoms with Gasteiger partial charge in [0.05, 0.1) is 6.26 Å². The van der Waals surface area contributed by atoms with Crippen LogP contribution < -0.4 is 11.3 Å². The Morgan fingerprint density at radius 2 is 2.17 bits per heavy atom. The molecule has 0 aliphatic heterocycles. The molecule has 1 atom stereocenters. The molecular weight excluding hydrogens is 251 g/mol. The van der Waals surface area contributed by atoms with E-state index in [4.69, 9.17) is 10.3 Å². The quantitative estimate of drug-likeness (QED) is 0.563. The van der Waals surface area contributed by atoms with Crippen LogP contribution in [0, 0.1) is 5.82 Å². The van der Waals surface area contributed by atoms with Gasteiger partial charge < -0.3 is 4.42 Å². The highest BCUT2D eigenvalue weighted by Gasteiger charge is 2.17. The summed E-state index contributed by atoms with van der Waals surface area (Å²) in [5.41, 5.74) is 2.72. The summed E-state index contributed by atoms with van der Waals surface area (Å²) < 4.78 is 19.5. The van der Waals surface area contributed by atoms with Crippen LogP contribution in [0.5, 0.6) is 0 Å². The van der Waals surface area contributed by atoms with Crippen LogP contribution in [-0.4, -0.2) is 0 Å². The van der Waals surface area contributed by atoms with Crippen LogP contribution >= 0.6 is 11.3 Å². The van der Waals surface area contributed by atoms with Crippen LogP contribution in [0.1, 0.15) is 16.7 Å². The van der Waals surface area contributed by atoms with Gasteiger partial charge >= 0.3 is 0 Å². The van der Waals surface area contributed by atoms with Gasteiger partial charge in [0.2, 0.25) is 0 Å². The van der Waals surface area contributed by atoms with E-state index in [2.05, 4.69) is 5.43 Å². The van der Waals surface area contributed by atoms with E-state index in [0.717, 1.165) is 20.7 Å². The Labute approximate surface area is 107 Å². The molecule has 3 rings (SSSR count). The maximum atomic E-state index is 13.1. The van der Waals surface area contributed by atoms with Crippen molar-refractivity contribution < 1.29 is 8.81 Å². The number of hydrazine groups is 1. The number of fused-ring (bicyclic) bond motifs is 1. The third-order valence-electron chi connectivity index (χ3n) is 2.78. The van der Waals surface area contributed by atoms with Gasteiger partial charge in [0, 0.05) is 9.58 Å². The Hall–Kier alpha value is -1.69. The van der Waals surface area contributed by atoms with E-state index in [0.29, 0.717) is 0 Å². The Morgan fingerprint density at radius 3 is 2.89 bits per heavy atom. The second-order valence-corrected chi connectivity index (χ2v) is 5.06. The zero-order valence-electron chi connectivity index (χ0n) is 9.39. The van der Waals surface area contributed by atoms with E-state index < -0.39 is 0 Å². The fraction of sp³-hybridized carbons (Fsp3) is 0.0769. The average Bonchev–Trinajstić information content (AvgIpc) is 2.98. The third-order valence-corrected chi connectivity index (χ3v) is 3.96. The van der Waals surface area contributed by atoms with E-state index in [9.17, 15) is 4.39 Å². The molecule has 3 aromatic rings. The summed E-state index contributed by atoms with van der Waals surface area (Å²) in [5.74, 6) is 6.08. The maximum Gasteiger partial charge on any atom is 0.127 e. The molecule has 0 aliphatic carbocycles. The summed E-state index contributed by atoms with van der Waals surface area (Å²) in [7, 11) is 0. The lowest BCUT2D eigenvalue weighted by molar-refractivity contribution is 0.455. The first kappa shape index (κ1) is 11.4. The molecule has 2 aromatic heterocycles. The van der Waals surface area contributed by atoms with E-state index in [1.54, 1.807) is 23.7 Å². The van der Waals surface area contributed by atoms with Crippen molar-refractivity contribution in [2.45, 2.75) is 6.04 Å². The molecule has 0 radical (unpaired) electrons. The smallest absolute Gasteiger partial charge is 0.127 e. The molecule has 1 aromatic carbocycles. The fourth-order valence-corrected chi connectivity index (χ4v) is 3.05. The number of nitrogens with two attached hydrogens (primary N) is 1.